The molecule has 0 aliphatic rings. The first-order chi connectivity index (χ1) is 9.14. The minimum absolute atomic E-state index is 0.158. The van der Waals surface area contributed by atoms with Gasteiger partial charge in [-0.15, -0.1) is 0 Å². The molecule has 0 aliphatic heterocycles. The van der Waals surface area contributed by atoms with Gasteiger partial charge in [-0.2, -0.15) is 0 Å². The zero-order valence-electron chi connectivity index (χ0n) is 13.4. The molecule has 0 heterocycles. The van der Waals surface area contributed by atoms with Crippen LogP contribution in [0, 0.1) is 5.92 Å². The summed E-state index contributed by atoms with van der Waals surface area (Å²) in [6.07, 6.45) is 4.03. The van der Waals surface area contributed by atoms with Gasteiger partial charge >= 0.3 is 12.1 Å². The molecule has 0 saturated heterocycles. The number of hydrogen-bond acceptors (Lipinski definition) is 4. The molecule has 1 amide bonds. The standard InChI is InChI=1S/C15H27NO4/c1-11(2)10-12(8-7-9-13(17)19-6)16-14(18)20-15(3,4)5/h7-8,11-12H,9-10H2,1-6H3,(H,16,18)/t12-/m1/s1. The Bertz CT molecular complexity index is 342. The van der Waals surface area contributed by atoms with Crippen molar-refractivity contribution in [3.8, 4) is 0 Å². The van der Waals surface area contributed by atoms with Crippen molar-refractivity contribution >= 4 is 12.1 Å². The van der Waals surface area contributed by atoms with Gasteiger partial charge in [-0.05, 0) is 33.1 Å². The summed E-state index contributed by atoms with van der Waals surface area (Å²) in [6, 6.07) is -0.158. The van der Waals surface area contributed by atoms with Crippen LogP contribution in [0.15, 0.2) is 12.2 Å². The highest BCUT2D eigenvalue weighted by Gasteiger charge is 2.18. The number of nitrogens with one attached hydrogen (secondary N) is 1. The van der Waals surface area contributed by atoms with Gasteiger partial charge in [0, 0.05) is 0 Å². The first-order valence-electron chi connectivity index (χ1n) is 6.87. The second kappa shape index (κ2) is 8.61. The van der Waals surface area contributed by atoms with Crippen LogP contribution >= 0.6 is 0 Å². The summed E-state index contributed by atoms with van der Waals surface area (Å²) in [6.45, 7) is 9.58. The van der Waals surface area contributed by atoms with Crippen LogP contribution in [0.5, 0.6) is 0 Å². The van der Waals surface area contributed by atoms with E-state index in [-0.39, 0.29) is 18.4 Å². The summed E-state index contributed by atoms with van der Waals surface area (Å²) < 4.78 is 9.78. The number of amides is 1. The van der Waals surface area contributed by atoms with E-state index in [4.69, 9.17) is 4.74 Å². The lowest BCUT2D eigenvalue weighted by Crippen LogP contribution is -2.38. The van der Waals surface area contributed by atoms with Gasteiger partial charge < -0.3 is 14.8 Å². The number of rotatable bonds is 6. The molecule has 1 N–H and O–H groups in total. The average Bonchev–Trinajstić information content (AvgIpc) is 2.24. The van der Waals surface area contributed by atoms with Crippen molar-refractivity contribution in [2.24, 2.45) is 5.92 Å². The topological polar surface area (TPSA) is 64.6 Å². The minimum atomic E-state index is -0.526. The van der Waals surface area contributed by atoms with Gasteiger partial charge in [0.25, 0.3) is 0 Å². The predicted octanol–water partition coefficient (Wildman–Crippen LogP) is 3.05. The first-order valence-corrected chi connectivity index (χ1v) is 6.87. The zero-order chi connectivity index (χ0) is 15.8. The van der Waals surface area contributed by atoms with Gasteiger partial charge in [0.2, 0.25) is 0 Å². The SMILES string of the molecule is COC(=O)CC=C[C@H](CC(C)C)NC(=O)OC(C)(C)C. The van der Waals surface area contributed by atoms with Crippen LogP contribution in [-0.2, 0) is 14.3 Å². The maximum absolute atomic E-state index is 11.7. The first kappa shape index (κ1) is 18.5. The lowest BCUT2D eigenvalue weighted by atomic mass is 10.0. The van der Waals surface area contributed by atoms with E-state index in [9.17, 15) is 9.59 Å². The zero-order valence-corrected chi connectivity index (χ0v) is 13.4. The fourth-order valence-electron chi connectivity index (χ4n) is 1.56. The molecule has 0 unspecified atom stereocenters. The Hall–Kier alpha value is -1.52. The van der Waals surface area contributed by atoms with E-state index in [1.165, 1.54) is 7.11 Å². The van der Waals surface area contributed by atoms with Crippen LogP contribution in [0.4, 0.5) is 4.79 Å². The van der Waals surface area contributed by atoms with Gasteiger partial charge in [-0.3, -0.25) is 4.79 Å². The van der Waals surface area contributed by atoms with Gasteiger partial charge in [0.1, 0.15) is 5.60 Å². The molecule has 0 spiro atoms. The predicted molar refractivity (Wildman–Crippen MR) is 78.4 cm³/mol. The van der Waals surface area contributed by atoms with E-state index >= 15 is 0 Å². The molecule has 1 atom stereocenters. The molecule has 0 radical (unpaired) electrons. The van der Waals surface area contributed by atoms with E-state index in [2.05, 4.69) is 23.9 Å². The minimum Gasteiger partial charge on any atom is -0.469 e. The highest BCUT2D eigenvalue weighted by Crippen LogP contribution is 2.10. The van der Waals surface area contributed by atoms with Crippen molar-refractivity contribution in [1.82, 2.24) is 5.32 Å². The number of carbonyl (C=O) groups excluding carboxylic acids is 2. The Morgan fingerprint density at radius 3 is 2.30 bits per heavy atom. The molecule has 5 heteroatoms. The average molecular weight is 285 g/mol. The summed E-state index contributed by atoms with van der Waals surface area (Å²) in [5, 5.41) is 2.80. The molecule has 0 fully saturated rings. The fourth-order valence-corrected chi connectivity index (χ4v) is 1.56. The van der Waals surface area contributed by atoms with E-state index in [1.54, 1.807) is 12.2 Å². The second-order valence-corrected chi connectivity index (χ2v) is 6.09. The molecule has 5 nitrogen and oxygen atoms in total. The summed E-state index contributed by atoms with van der Waals surface area (Å²) in [7, 11) is 1.35. The van der Waals surface area contributed by atoms with Crippen molar-refractivity contribution in [1.29, 1.82) is 0 Å². The van der Waals surface area contributed by atoms with Crippen molar-refractivity contribution in [2.45, 2.75) is 59.1 Å². The molecule has 20 heavy (non-hydrogen) atoms. The normalized spacial score (nSPS) is 13.3. The Morgan fingerprint density at radius 1 is 1.25 bits per heavy atom. The number of ether oxygens (including phenoxy) is 2. The fraction of sp³-hybridized carbons (Fsp3) is 0.733. The van der Waals surface area contributed by atoms with E-state index in [0.717, 1.165) is 6.42 Å². The monoisotopic (exact) mass is 285 g/mol. The Morgan fingerprint density at radius 2 is 1.85 bits per heavy atom. The summed E-state index contributed by atoms with van der Waals surface area (Å²) >= 11 is 0. The molecule has 0 aromatic heterocycles. The molecule has 0 saturated carbocycles. The molecule has 116 valence electrons. The number of alkyl carbamates (subject to hydrolysis) is 1. The van der Waals surface area contributed by atoms with Crippen LogP contribution in [0.2, 0.25) is 0 Å². The largest absolute Gasteiger partial charge is 0.469 e. The van der Waals surface area contributed by atoms with Crippen molar-refractivity contribution in [2.75, 3.05) is 7.11 Å². The van der Waals surface area contributed by atoms with Crippen LogP contribution in [0.25, 0.3) is 0 Å². The number of hydrogen-bond donors (Lipinski definition) is 1. The third-order valence-electron chi connectivity index (χ3n) is 2.31. The van der Waals surface area contributed by atoms with Crippen molar-refractivity contribution in [3.63, 3.8) is 0 Å². The number of esters is 1. The van der Waals surface area contributed by atoms with Crippen LogP contribution in [0.1, 0.15) is 47.5 Å². The molecule has 0 rings (SSSR count). The molecule has 0 aromatic rings. The van der Waals surface area contributed by atoms with Gasteiger partial charge in [-0.1, -0.05) is 26.0 Å². The molecular formula is C15H27NO4. The van der Waals surface area contributed by atoms with Gasteiger partial charge in [0.05, 0.1) is 19.6 Å². The van der Waals surface area contributed by atoms with Crippen LogP contribution in [-0.4, -0.2) is 30.8 Å². The molecule has 0 aromatic carbocycles. The lowest BCUT2D eigenvalue weighted by molar-refractivity contribution is -0.139. The summed E-state index contributed by atoms with van der Waals surface area (Å²) in [4.78, 5) is 22.8. The Balaban J connectivity index is 4.48. The molecule has 0 aliphatic carbocycles. The van der Waals surface area contributed by atoms with Crippen molar-refractivity contribution in [3.05, 3.63) is 12.2 Å². The van der Waals surface area contributed by atoms with E-state index in [0.29, 0.717) is 5.92 Å². The maximum Gasteiger partial charge on any atom is 0.408 e. The quantitative estimate of drug-likeness (QED) is 0.602. The Kier molecular flexibility index (Phi) is 7.96. The van der Waals surface area contributed by atoms with Gasteiger partial charge in [-0.25, -0.2) is 4.79 Å². The second-order valence-electron chi connectivity index (χ2n) is 6.09. The summed E-state index contributed by atoms with van der Waals surface area (Å²) in [5.41, 5.74) is -0.526. The maximum atomic E-state index is 11.7. The molecule has 0 bridgehead atoms. The third kappa shape index (κ3) is 10.4. The Labute approximate surface area is 121 Å². The third-order valence-corrected chi connectivity index (χ3v) is 2.31. The highest BCUT2D eigenvalue weighted by atomic mass is 16.6. The van der Waals surface area contributed by atoms with E-state index in [1.807, 2.05) is 20.8 Å². The highest BCUT2D eigenvalue weighted by molar-refractivity contribution is 5.71. The van der Waals surface area contributed by atoms with Crippen LogP contribution < -0.4 is 5.32 Å². The van der Waals surface area contributed by atoms with Gasteiger partial charge in [0.15, 0.2) is 0 Å². The van der Waals surface area contributed by atoms with E-state index < -0.39 is 11.7 Å². The number of methoxy groups -OCH3 is 1. The molecular weight excluding hydrogens is 258 g/mol. The summed E-state index contributed by atoms with van der Waals surface area (Å²) in [5.74, 6) is 0.111. The number of carbonyl (C=O) groups is 2. The van der Waals surface area contributed by atoms with Crippen molar-refractivity contribution < 1.29 is 19.1 Å². The smallest absolute Gasteiger partial charge is 0.408 e. The van der Waals surface area contributed by atoms with Crippen LogP contribution in [0.3, 0.4) is 0 Å². The lowest BCUT2D eigenvalue weighted by Gasteiger charge is -2.23.